The number of likely N-dealkylation sites (tertiary alicyclic amines) is 1. The van der Waals surface area contributed by atoms with Crippen LogP contribution in [0.2, 0.25) is 0 Å². The maximum Gasteiger partial charge on any atom is 0.263 e. The Bertz CT molecular complexity index is 889. The largest absolute Gasteiger partial charge is 0.337 e. The van der Waals surface area contributed by atoms with Crippen LogP contribution in [0.25, 0.3) is 0 Å². The van der Waals surface area contributed by atoms with Crippen LogP contribution in [0.5, 0.6) is 0 Å². The van der Waals surface area contributed by atoms with Gasteiger partial charge in [0.15, 0.2) is 0 Å². The lowest BCUT2D eigenvalue weighted by Crippen LogP contribution is -2.50. The van der Waals surface area contributed by atoms with Gasteiger partial charge in [-0.2, -0.15) is 0 Å². The Kier molecular flexibility index (Phi) is 6.35. The van der Waals surface area contributed by atoms with Crippen molar-refractivity contribution in [1.82, 2.24) is 14.4 Å². The van der Waals surface area contributed by atoms with Gasteiger partial charge in [0.25, 0.3) is 11.5 Å². The molecular weight excluding hydrogens is 350 g/mol. The SMILES string of the molecule is Cc1cc(C)n(C)c(=O)c1C(=O)N(C)[C@@H]1CCCN(CCc2ccccc2)C1. The molecule has 2 heterocycles. The van der Waals surface area contributed by atoms with Gasteiger partial charge in [0, 0.05) is 38.9 Å². The Morgan fingerprint density at radius 1 is 1.21 bits per heavy atom. The van der Waals surface area contributed by atoms with E-state index >= 15 is 0 Å². The molecule has 3 rings (SSSR count). The number of nitrogens with zero attached hydrogens (tertiary/aromatic N) is 3. The molecule has 0 radical (unpaired) electrons. The zero-order valence-corrected chi connectivity index (χ0v) is 17.4. The summed E-state index contributed by atoms with van der Waals surface area (Å²) in [5.41, 5.74) is 3.07. The van der Waals surface area contributed by atoms with Crippen molar-refractivity contribution in [3.05, 3.63) is 69.1 Å². The molecule has 1 amide bonds. The number of piperidine rings is 1. The van der Waals surface area contributed by atoms with Crippen molar-refractivity contribution < 1.29 is 4.79 Å². The first-order valence-electron chi connectivity index (χ1n) is 10.1. The third-order valence-corrected chi connectivity index (χ3v) is 5.99. The molecule has 1 aromatic heterocycles. The zero-order valence-electron chi connectivity index (χ0n) is 17.4. The minimum atomic E-state index is -0.203. The molecule has 28 heavy (non-hydrogen) atoms. The normalized spacial score (nSPS) is 17.5. The lowest BCUT2D eigenvalue weighted by atomic mass is 10.0. The van der Waals surface area contributed by atoms with E-state index in [1.807, 2.05) is 33.0 Å². The van der Waals surface area contributed by atoms with Crippen LogP contribution < -0.4 is 5.56 Å². The van der Waals surface area contributed by atoms with Gasteiger partial charge in [-0.05, 0) is 56.8 Å². The second-order valence-electron chi connectivity index (χ2n) is 7.96. The molecule has 0 spiro atoms. The van der Waals surface area contributed by atoms with Gasteiger partial charge in [-0.15, -0.1) is 0 Å². The van der Waals surface area contributed by atoms with Gasteiger partial charge in [-0.3, -0.25) is 9.59 Å². The first kappa shape index (κ1) is 20.3. The minimum Gasteiger partial charge on any atom is -0.337 e. The number of pyridine rings is 1. The van der Waals surface area contributed by atoms with Crippen LogP contribution in [-0.2, 0) is 13.5 Å². The van der Waals surface area contributed by atoms with Crippen molar-refractivity contribution in [3.8, 4) is 0 Å². The van der Waals surface area contributed by atoms with Crippen LogP contribution >= 0.6 is 0 Å². The molecule has 0 N–H and O–H groups in total. The summed E-state index contributed by atoms with van der Waals surface area (Å²) >= 11 is 0. The third-order valence-electron chi connectivity index (χ3n) is 5.99. The van der Waals surface area contributed by atoms with E-state index in [1.54, 1.807) is 16.5 Å². The summed E-state index contributed by atoms with van der Waals surface area (Å²) < 4.78 is 1.56. The predicted octanol–water partition coefficient (Wildman–Crippen LogP) is 2.78. The summed E-state index contributed by atoms with van der Waals surface area (Å²) in [5.74, 6) is -0.159. The number of aromatic nitrogens is 1. The van der Waals surface area contributed by atoms with Crippen LogP contribution in [0.3, 0.4) is 0 Å². The molecule has 0 aliphatic carbocycles. The van der Waals surface area contributed by atoms with Crippen LogP contribution in [0.15, 0.2) is 41.2 Å². The zero-order chi connectivity index (χ0) is 20.3. The summed E-state index contributed by atoms with van der Waals surface area (Å²) in [4.78, 5) is 30.0. The van der Waals surface area contributed by atoms with E-state index < -0.39 is 0 Å². The average molecular weight is 382 g/mol. The van der Waals surface area contributed by atoms with E-state index in [-0.39, 0.29) is 17.5 Å². The number of likely N-dealkylation sites (N-methyl/N-ethyl adjacent to an activating group) is 1. The molecule has 1 aliphatic heterocycles. The number of carbonyl (C=O) groups is 1. The molecular formula is C23H31N3O2. The monoisotopic (exact) mass is 381 g/mol. The van der Waals surface area contributed by atoms with Gasteiger partial charge >= 0.3 is 0 Å². The Morgan fingerprint density at radius 3 is 2.64 bits per heavy atom. The maximum atomic E-state index is 13.1. The summed E-state index contributed by atoms with van der Waals surface area (Å²) in [7, 11) is 3.56. The van der Waals surface area contributed by atoms with Gasteiger partial charge in [-0.1, -0.05) is 30.3 Å². The van der Waals surface area contributed by atoms with Gasteiger partial charge < -0.3 is 14.4 Å². The van der Waals surface area contributed by atoms with Crippen molar-refractivity contribution in [2.24, 2.45) is 7.05 Å². The molecule has 1 saturated heterocycles. The molecule has 5 nitrogen and oxygen atoms in total. The number of hydrogen-bond acceptors (Lipinski definition) is 3. The van der Waals surface area contributed by atoms with Crippen LogP contribution in [0, 0.1) is 13.8 Å². The molecule has 1 fully saturated rings. The fourth-order valence-electron chi connectivity index (χ4n) is 4.06. The first-order valence-corrected chi connectivity index (χ1v) is 10.1. The molecule has 2 aromatic rings. The second-order valence-corrected chi connectivity index (χ2v) is 7.96. The highest BCUT2D eigenvalue weighted by Gasteiger charge is 2.29. The van der Waals surface area contributed by atoms with Crippen molar-refractivity contribution >= 4 is 5.91 Å². The fourth-order valence-corrected chi connectivity index (χ4v) is 4.06. The third kappa shape index (κ3) is 4.36. The summed E-state index contributed by atoms with van der Waals surface area (Å²) in [6, 6.07) is 12.6. The van der Waals surface area contributed by atoms with E-state index in [1.165, 1.54) is 5.56 Å². The number of rotatable bonds is 5. The van der Waals surface area contributed by atoms with Crippen LogP contribution in [0.1, 0.15) is 40.0 Å². The quantitative estimate of drug-likeness (QED) is 0.800. The molecule has 150 valence electrons. The summed E-state index contributed by atoms with van der Waals surface area (Å²) in [6.07, 6.45) is 3.07. The van der Waals surface area contributed by atoms with E-state index in [0.717, 1.165) is 50.2 Å². The van der Waals surface area contributed by atoms with E-state index in [4.69, 9.17) is 0 Å². The van der Waals surface area contributed by atoms with Gasteiger partial charge in [0.05, 0.1) is 0 Å². The molecule has 1 aliphatic rings. The van der Waals surface area contributed by atoms with Crippen molar-refractivity contribution in [2.75, 3.05) is 26.7 Å². The highest BCUT2D eigenvalue weighted by molar-refractivity contribution is 5.95. The topological polar surface area (TPSA) is 45.6 Å². The van der Waals surface area contributed by atoms with Gasteiger partial charge in [-0.25, -0.2) is 0 Å². The number of amides is 1. The van der Waals surface area contributed by atoms with Crippen LogP contribution in [-0.4, -0.2) is 53.0 Å². The highest BCUT2D eigenvalue weighted by atomic mass is 16.2. The molecule has 1 aromatic carbocycles. The standard InChI is InChI=1S/C23H31N3O2/c1-17-15-18(2)24(3)22(27)21(17)23(28)25(4)20-11-8-13-26(16-20)14-12-19-9-6-5-7-10-19/h5-7,9-10,15,20H,8,11-14,16H2,1-4H3/t20-/m1/s1. The molecule has 5 heteroatoms. The number of hydrogen-bond donors (Lipinski definition) is 0. The molecule has 0 saturated carbocycles. The Labute approximate surface area is 167 Å². The fraction of sp³-hybridized carbons (Fsp3) is 0.478. The minimum absolute atomic E-state index is 0.141. The number of benzene rings is 1. The lowest BCUT2D eigenvalue weighted by Gasteiger charge is -2.37. The highest BCUT2D eigenvalue weighted by Crippen LogP contribution is 2.18. The Morgan fingerprint density at radius 2 is 1.93 bits per heavy atom. The van der Waals surface area contributed by atoms with Gasteiger partial charge in [0.2, 0.25) is 0 Å². The van der Waals surface area contributed by atoms with Crippen molar-refractivity contribution in [3.63, 3.8) is 0 Å². The maximum absolute atomic E-state index is 13.1. The van der Waals surface area contributed by atoms with E-state index in [0.29, 0.717) is 5.56 Å². The molecule has 0 bridgehead atoms. The molecule has 0 unspecified atom stereocenters. The van der Waals surface area contributed by atoms with E-state index in [9.17, 15) is 9.59 Å². The smallest absolute Gasteiger partial charge is 0.263 e. The van der Waals surface area contributed by atoms with Crippen molar-refractivity contribution in [2.45, 2.75) is 39.2 Å². The van der Waals surface area contributed by atoms with Gasteiger partial charge in [0.1, 0.15) is 5.56 Å². The Hall–Kier alpha value is -2.40. The first-order chi connectivity index (χ1) is 13.4. The summed E-state index contributed by atoms with van der Waals surface area (Å²) in [6.45, 7) is 6.66. The average Bonchev–Trinajstić information content (AvgIpc) is 2.71. The molecule has 1 atom stereocenters. The number of carbonyl (C=O) groups excluding carboxylic acids is 1. The Balaban J connectivity index is 1.68. The number of aryl methyl sites for hydroxylation is 2. The van der Waals surface area contributed by atoms with Crippen LogP contribution in [0.4, 0.5) is 0 Å². The summed E-state index contributed by atoms with van der Waals surface area (Å²) in [5, 5.41) is 0. The van der Waals surface area contributed by atoms with E-state index in [2.05, 4.69) is 29.2 Å². The predicted molar refractivity (Wildman–Crippen MR) is 113 cm³/mol. The lowest BCUT2D eigenvalue weighted by molar-refractivity contribution is 0.0616. The van der Waals surface area contributed by atoms with Crippen molar-refractivity contribution in [1.29, 1.82) is 0 Å². The second kappa shape index (κ2) is 8.74.